The minimum atomic E-state index is 0.375. The zero-order chi connectivity index (χ0) is 8.55. The number of hydrogen-bond donors (Lipinski definition) is 1. The van der Waals surface area contributed by atoms with Crippen molar-refractivity contribution < 1.29 is 0 Å². The first-order valence-corrected chi connectivity index (χ1v) is 3.81. The van der Waals surface area contributed by atoms with E-state index in [1.54, 1.807) is 4.68 Å². The Morgan fingerprint density at radius 2 is 2.33 bits per heavy atom. The summed E-state index contributed by atoms with van der Waals surface area (Å²) in [7, 11) is 0. The maximum absolute atomic E-state index is 5.46. The summed E-state index contributed by atoms with van der Waals surface area (Å²) in [6, 6.07) is 6.00. The highest BCUT2D eigenvalue weighted by molar-refractivity contribution is 5.74. The standard InChI is InChI=1S/C8H10N4/c1-6-2-3-8-7(4-6)10-11-12(8)5-9/h2-4H,5,9H2,1H3. The molecule has 0 atom stereocenters. The van der Waals surface area contributed by atoms with E-state index in [1.807, 2.05) is 25.1 Å². The molecule has 62 valence electrons. The lowest BCUT2D eigenvalue weighted by Gasteiger charge is -1.95. The highest BCUT2D eigenvalue weighted by Crippen LogP contribution is 2.11. The van der Waals surface area contributed by atoms with Gasteiger partial charge in [0.05, 0.1) is 12.2 Å². The average molecular weight is 162 g/mol. The molecule has 0 bridgehead atoms. The third-order valence-corrected chi connectivity index (χ3v) is 1.84. The third kappa shape index (κ3) is 0.967. The second-order valence-corrected chi connectivity index (χ2v) is 2.76. The van der Waals surface area contributed by atoms with Crippen LogP contribution in [-0.4, -0.2) is 15.0 Å². The van der Waals surface area contributed by atoms with Gasteiger partial charge in [0.1, 0.15) is 5.52 Å². The van der Waals surface area contributed by atoms with Gasteiger partial charge in [0.15, 0.2) is 0 Å². The van der Waals surface area contributed by atoms with Gasteiger partial charge in [-0.1, -0.05) is 11.3 Å². The summed E-state index contributed by atoms with van der Waals surface area (Å²) in [5.41, 5.74) is 8.54. The molecule has 0 saturated carbocycles. The summed E-state index contributed by atoms with van der Waals surface area (Å²) >= 11 is 0. The molecule has 2 aromatic rings. The molecule has 0 aliphatic rings. The van der Waals surface area contributed by atoms with Crippen LogP contribution in [0.2, 0.25) is 0 Å². The Labute approximate surface area is 70.0 Å². The van der Waals surface area contributed by atoms with Gasteiger partial charge in [-0.3, -0.25) is 0 Å². The predicted octanol–water partition coefficient (Wildman–Crippen LogP) is 0.656. The maximum Gasteiger partial charge on any atom is 0.113 e. The van der Waals surface area contributed by atoms with E-state index in [0.717, 1.165) is 11.0 Å². The molecule has 0 aliphatic carbocycles. The first kappa shape index (κ1) is 7.24. The third-order valence-electron chi connectivity index (χ3n) is 1.84. The van der Waals surface area contributed by atoms with Crippen molar-refractivity contribution in [3.8, 4) is 0 Å². The van der Waals surface area contributed by atoms with E-state index in [9.17, 15) is 0 Å². The van der Waals surface area contributed by atoms with Crippen molar-refractivity contribution in [3.63, 3.8) is 0 Å². The van der Waals surface area contributed by atoms with Crippen molar-refractivity contribution in [1.29, 1.82) is 0 Å². The Morgan fingerprint density at radius 3 is 3.08 bits per heavy atom. The number of nitrogens with zero attached hydrogens (tertiary/aromatic N) is 3. The van der Waals surface area contributed by atoms with Gasteiger partial charge in [0, 0.05) is 0 Å². The summed E-state index contributed by atoms with van der Waals surface area (Å²) < 4.78 is 1.68. The van der Waals surface area contributed by atoms with Crippen molar-refractivity contribution in [2.24, 2.45) is 5.73 Å². The van der Waals surface area contributed by atoms with E-state index in [1.165, 1.54) is 5.56 Å². The number of hydrogen-bond acceptors (Lipinski definition) is 3. The normalized spacial score (nSPS) is 10.8. The lowest BCUT2D eigenvalue weighted by molar-refractivity contribution is 0.627. The summed E-state index contributed by atoms with van der Waals surface area (Å²) in [6.45, 7) is 2.40. The molecule has 2 rings (SSSR count). The lowest BCUT2D eigenvalue weighted by atomic mass is 10.2. The Morgan fingerprint density at radius 1 is 1.50 bits per heavy atom. The monoisotopic (exact) mass is 162 g/mol. The number of aromatic nitrogens is 3. The van der Waals surface area contributed by atoms with Crippen molar-refractivity contribution in [1.82, 2.24) is 15.0 Å². The summed E-state index contributed by atoms with van der Waals surface area (Å²) in [5, 5.41) is 7.88. The fraction of sp³-hybridized carbons (Fsp3) is 0.250. The van der Waals surface area contributed by atoms with Crippen LogP contribution in [0.5, 0.6) is 0 Å². The number of nitrogens with two attached hydrogens (primary N) is 1. The minimum absolute atomic E-state index is 0.375. The van der Waals surface area contributed by atoms with Gasteiger partial charge < -0.3 is 5.73 Å². The Hall–Kier alpha value is -1.42. The van der Waals surface area contributed by atoms with Gasteiger partial charge in [0.2, 0.25) is 0 Å². The zero-order valence-electron chi connectivity index (χ0n) is 6.86. The van der Waals surface area contributed by atoms with Crippen LogP contribution in [0.3, 0.4) is 0 Å². The summed E-state index contributed by atoms with van der Waals surface area (Å²) in [5.74, 6) is 0. The van der Waals surface area contributed by atoms with Gasteiger partial charge in [-0.05, 0) is 24.6 Å². The van der Waals surface area contributed by atoms with Crippen LogP contribution in [0.15, 0.2) is 18.2 Å². The molecule has 1 aromatic heterocycles. The second-order valence-electron chi connectivity index (χ2n) is 2.76. The predicted molar refractivity (Wildman–Crippen MR) is 46.5 cm³/mol. The molecular formula is C8H10N4. The first-order chi connectivity index (χ1) is 5.81. The van der Waals surface area contributed by atoms with Gasteiger partial charge in [-0.25, -0.2) is 4.68 Å². The molecule has 0 aliphatic heterocycles. The van der Waals surface area contributed by atoms with E-state index < -0.39 is 0 Å². The van der Waals surface area contributed by atoms with Crippen LogP contribution >= 0.6 is 0 Å². The molecule has 1 aromatic carbocycles. The fourth-order valence-electron chi connectivity index (χ4n) is 1.22. The Balaban J connectivity index is 2.73. The fourth-order valence-corrected chi connectivity index (χ4v) is 1.22. The van der Waals surface area contributed by atoms with Crippen molar-refractivity contribution in [3.05, 3.63) is 23.8 Å². The minimum Gasteiger partial charge on any atom is -0.312 e. The molecule has 0 spiro atoms. The maximum atomic E-state index is 5.46. The van der Waals surface area contributed by atoms with Crippen LogP contribution in [-0.2, 0) is 6.67 Å². The molecule has 1 heterocycles. The molecule has 4 heteroatoms. The van der Waals surface area contributed by atoms with Crippen LogP contribution in [0, 0.1) is 6.92 Å². The summed E-state index contributed by atoms with van der Waals surface area (Å²) in [6.07, 6.45) is 0. The average Bonchev–Trinajstić information content (AvgIpc) is 2.46. The van der Waals surface area contributed by atoms with E-state index in [2.05, 4.69) is 10.3 Å². The van der Waals surface area contributed by atoms with Gasteiger partial charge in [-0.2, -0.15) is 0 Å². The van der Waals surface area contributed by atoms with Gasteiger partial charge in [0.25, 0.3) is 0 Å². The Kier molecular flexibility index (Phi) is 1.55. The number of benzene rings is 1. The molecule has 0 saturated heterocycles. The van der Waals surface area contributed by atoms with E-state index in [0.29, 0.717) is 6.67 Å². The molecule has 4 nitrogen and oxygen atoms in total. The summed E-state index contributed by atoms with van der Waals surface area (Å²) in [4.78, 5) is 0. The van der Waals surface area contributed by atoms with E-state index >= 15 is 0 Å². The molecule has 0 unspecified atom stereocenters. The lowest BCUT2D eigenvalue weighted by Crippen LogP contribution is -2.08. The molecule has 0 radical (unpaired) electrons. The first-order valence-electron chi connectivity index (χ1n) is 3.81. The molecule has 0 amide bonds. The topological polar surface area (TPSA) is 56.7 Å². The van der Waals surface area contributed by atoms with Crippen molar-refractivity contribution in [2.45, 2.75) is 13.6 Å². The molecule has 0 fully saturated rings. The van der Waals surface area contributed by atoms with Crippen molar-refractivity contribution in [2.75, 3.05) is 0 Å². The second kappa shape index (κ2) is 2.57. The highest BCUT2D eigenvalue weighted by Gasteiger charge is 2.01. The number of fused-ring (bicyclic) bond motifs is 1. The number of aryl methyl sites for hydroxylation is 1. The van der Waals surface area contributed by atoms with E-state index in [4.69, 9.17) is 5.73 Å². The zero-order valence-corrected chi connectivity index (χ0v) is 6.86. The van der Waals surface area contributed by atoms with Crippen molar-refractivity contribution >= 4 is 11.0 Å². The molecule has 2 N–H and O–H groups in total. The van der Waals surface area contributed by atoms with Crippen LogP contribution < -0.4 is 5.73 Å². The smallest absolute Gasteiger partial charge is 0.113 e. The Bertz CT molecular complexity index is 404. The largest absolute Gasteiger partial charge is 0.312 e. The van der Waals surface area contributed by atoms with Gasteiger partial charge >= 0.3 is 0 Å². The molecule has 12 heavy (non-hydrogen) atoms. The SMILES string of the molecule is Cc1ccc2c(c1)nnn2CN. The van der Waals surface area contributed by atoms with E-state index in [-0.39, 0.29) is 0 Å². The quantitative estimate of drug-likeness (QED) is 0.670. The number of rotatable bonds is 1. The van der Waals surface area contributed by atoms with Gasteiger partial charge in [-0.15, -0.1) is 5.10 Å². The highest BCUT2D eigenvalue weighted by atomic mass is 15.4. The molecular weight excluding hydrogens is 152 g/mol. The van der Waals surface area contributed by atoms with Crippen LogP contribution in [0.4, 0.5) is 0 Å². The van der Waals surface area contributed by atoms with Crippen LogP contribution in [0.25, 0.3) is 11.0 Å². The van der Waals surface area contributed by atoms with Crippen LogP contribution in [0.1, 0.15) is 5.56 Å².